The Morgan fingerprint density at radius 2 is 1.86 bits per heavy atom. The van der Waals surface area contributed by atoms with E-state index in [1.54, 1.807) is 0 Å². The molecule has 192 valence electrons. The van der Waals surface area contributed by atoms with Crippen LogP contribution in [0.25, 0.3) is 22.0 Å². The zero-order valence-electron chi connectivity index (χ0n) is 21.3. The Morgan fingerprint density at radius 3 is 2.67 bits per heavy atom. The van der Waals surface area contributed by atoms with Gasteiger partial charge in [-0.3, -0.25) is 9.59 Å². The highest BCUT2D eigenvalue weighted by Gasteiger charge is 2.19. The van der Waals surface area contributed by atoms with Crippen molar-refractivity contribution in [3.8, 4) is 11.3 Å². The van der Waals surface area contributed by atoms with Crippen molar-refractivity contribution in [2.24, 2.45) is 0 Å². The Kier molecular flexibility index (Phi) is 9.99. The molecule has 6 nitrogen and oxygen atoms in total. The van der Waals surface area contributed by atoms with E-state index < -0.39 is 0 Å². The van der Waals surface area contributed by atoms with Gasteiger partial charge >= 0.3 is 0 Å². The summed E-state index contributed by atoms with van der Waals surface area (Å²) in [4.78, 5) is 35.0. The number of benzene rings is 2. The van der Waals surface area contributed by atoms with Crippen molar-refractivity contribution in [2.75, 3.05) is 31.1 Å². The maximum atomic E-state index is 12.9. The molecule has 2 heterocycles. The molecule has 1 aliphatic heterocycles. The van der Waals surface area contributed by atoms with Gasteiger partial charge in [0.2, 0.25) is 5.91 Å². The maximum absolute atomic E-state index is 12.9. The van der Waals surface area contributed by atoms with E-state index in [4.69, 9.17) is 0 Å². The lowest BCUT2D eigenvalue weighted by atomic mass is 10.0. The summed E-state index contributed by atoms with van der Waals surface area (Å²) in [6.07, 6.45) is 7.25. The van der Waals surface area contributed by atoms with Crippen molar-refractivity contribution in [3.05, 3.63) is 54.5 Å². The largest absolute Gasteiger partial charge is 0.346 e. The molecule has 1 aromatic heterocycles. The van der Waals surface area contributed by atoms with E-state index in [0.29, 0.717) is 25.0 Å². The maximum Gasteiger partial charge on any atom is 0.221 e. The molecule has 0 bridgehead atoms. The van der Waals surface area contributed by atoms with Crippen molar-refractivity contribution in [3.63, 3.8) is 0 Å². The number of hydrogen-bond donors (Lipinski definition) is 2. The van der Waals surface area contributed by atoms with E-state index in [1.165, 1.54) is 10.8 Å². The van der Waals surface area contributed by atoms with Gasteiger partial charge in [-0.25, -0.2) is 4.98 Å². The number of rotatable bonds is 13. The third kappa shape index (κ3) is 7.68. The zero-order valence-corrected chi connectivity index (χ0v) is 22.1. The quantitative estimate of drug-likeness (QED) is 0.288. The highest BCUT2D eigenvalue weighted by molar-refractivity contribution is 7.99. The van der Waals surface area contributed by atoms with Crippen molar-refractivity contribution in [1.29, 1.82) is 0 Å². The monoisotopic (exact) mass is 506 g/mol. The summed E-state index contributed by atoms with van der Waals surface area (Å²) in [7, 11) is 0. The highest BCUT2D eigenvalue weighted by Crippen LogP contribution is 2.26. The number of H-pyrrole nitrogens is 1. The van der Waals surface area contributed by atoms with E-state index in [9.17, 15) is 9.59 Å². The van der Waals surface area contributed by atoms with Crippen LogP contribution in [0, 0.1) is 0 Å². The van der Waals surface area contributed by atoms with E-state index in [0.717, 1.165) is 73.9 Å². The molecule has 1 amide bonds. The minimum absolute atomic E-state index is 0.0723. The fourth-order valence-electron chi connectivity index (χ4n) is 4.67. The fraction of sp³-hybridized carbons (Fsp3) is 0.483. The molecule has 1 atom stereocenters. The second kappa shape index (κ2) is 13.6. The van der Waals surface area contributed by atoms with Crippen LogP contribution in [0.1, 0.15) is 63.7 Å². The van der Waals surface area contributed by atoms with E-state index >= 15 is 0 Å². The molecule has 3 aromatic rings. The van der Waals surface area contributed by atoms with Gasteiger partial charge in [0.1, 0.15) is 11.6 Å². The van der Waals surface area contributed by atoms with Crippen LogP contribution in [0.5, 0.6) is 0 Å². The molecular weight excluding hydrogens is 468 g/mol. The molecule has 1 saturated heterocycles. The molecule has 4 rings (SSSR count). The molecular formula is C29H38N4O2S. The van der Waals surface area contributed by atoms with E-state index in [-0.39, 0.29) is 11.9 Å². The summed E-state index contributed by atoms with van der Waals surface area (Å²) >= 11 is 1.98. The van der Waals surface area contributed by atoms with E-state index in [2.05, 4.69) is 50.5 Å². The highest BCUT2D eigenvalue weighted by atomic mass is 32.2. The average molecular weight is 507 g/mol. The van der Waals surface area contributed by atoms with Gasteiger partial charge in [-0.05, 0) is 29.7 Å². The van der Waals surface area contributed by atoms with Gasteiger partial charge in [-0.1, -0.05) is 56.2 Å². The third-order valence-corrected chi connectivity index (χ3v) is 7.87. The van der Waals surface area contributed by atoms with Crippen molar-refractivity contribution < 1.29 is 9.59 Å². The standard InChI is InChI=1S/C29H38N4O2S/c1-2-25(34)10-4-3-5-11-26(31-28(35)14-15-33-16-18-36-19-17-33)29-30-21-27(32-29)24-13-12-22-8-6-7-9-23(22)20-24/h6-9,12-13,20-21,26H,2-5,10-11,14-19H2,1H3,(H,30,32)(H,31,35)/t26-/m0/s1. The molecule has 0 saturated carbocycles. The number of carbonyl (C=O) groups is 2. The van der Waals surface area contributed by atoms with Crippen LogP contribution in [-0.4, -0.2) is 57.7 Å². The summed E-state index contributed by atoms with van der Waals surface area (Å²) in [5, 5.41) is 5.64. The molecule has 1 aliphatic rings. The number of aromatic nitrogens is 2. The number of nitrogens with zero attached hydrogens (tertiary/aromatic N) is 2. The van der Waals surface area contributed by atoms with Gasteiger partial charge in [0.25, 0.3) is 0 Å². The summed E-state index contributed by atoms with van der Waals surface area (Å²) < 4.78 is 0. The van der Waals surface area contributed by atoms with Crippen LogP contribution in [0.15, 0.2) is 48.7 Å². The van der Waals surface area contributed by atoms with Crippen molar-refractivity contribution >= 4 is 34.2 Å². The topological polar surface area (TPSA) is 78.1 Å². The fourth-order valence-corrected chi connectivity index (χ4v) is 5.65. The first-order valence-electron chi connectivity index (χ1n) is 13.3. The molecule has 1 fully saturated rings. The van der Waals surface area contributed by atoms with Gasteiger partial charge in [0, 0.05) is 56.0 Å². The molecule has 2 N–H and O–H groups in total. The number of amides is 1. The number of aromatic amines is 1. The second-order valence-corrected chi connectivity index (χ2v) is 10.8. The SMILES string of the molecule is CCC(=O)CCCCC[C@H](NC(=O)CCN1CCSCC1)c1ncc(-c2ccc3ccccc3c2)[nH]1. The first-order valence-corrected chi connectivity index (χ1v) is 14.4. The average Bonchev–Trinajstić information content (AvgIpc) is 3.41. The van der Waals surface area contributed by atoms with Crippen molar-refractivity contribution in [2.45, 2.75) is 57.9 Å². The number of ketones is 1. The Hall–Kier alpha value is -2.64. The number of imidazole rings is 1. The lowest BCUT2D eigenvalue weighted by Crippen LogP contribution is -2.37. The van der Waals surface area contributed by atoms with Crippen LogP contribution in [-0.2, 0) is 9.59 Å². The number of nitrogens with one attached hydrogen (secondary N) is 2. The molecule has 36 heavy (non-hydrogen) atoms. The Bertz CT molecular complexity index is 1140. The van der Waals surface area contributed by atoms with Crippen LogP contribution in [0.3, 0.4) is 0 Å². The number of unbranched alkanes of at least 4 members (excludes halogenated alkanes) is 2. The number of Topliss-reactive ketones (excluding diaryl/α,β-unsaturated/α-hetero) is 1. The van der Waals surface area contributed by atoms with Gasteiger partial charge in [-0.2, -0.15) is 11.8 Å². The Balaban J connectivity index is 1.40. The number of fused-ring (bicyclic) bond motifs is 1. The minimum Gasteiger partial charge on any atom is -0.346 e. The minimum atomic E-state index is -0.162. The molecule has 0 aliphatic carbocycles. The lowest BCUT2D eigenvalue weighted by Gasteiger charge is -2.26. The number of hydrogen-bond acceptors (Lipinski definition) is 5. The first kappa shape index (κ1) is 26.4. The number of carbonyl (C=O) groups excluding carboxylic acids is 2. The summed E-state index contributed by atoms with van der Waals surface area (Å²) in [5.41, 5.74) is 2.04. The van der Waals surface area contributed by atoms with Crippen LogP contribution >= 0.6 is 11.8 Å². The van der Waals surface area contributed by atoms with E-state index in [1.807, 2.05) is 37.0 Å². The first-order chi connectivity index (χ1) is 17.6. The van der Waals surface area contributed by atoms with Gasteiger partial charge in [-0.15, -0.1) is 0 Å². The van der Waals surface area contributed by atoms with Gasteiger partial charge < -0.3 is 15.2 Å². The summed E-state index contributed by atoms with van der Waals surface area (Å²) in [6.45, 7) is 4.84. The van der Waals surface area contributed by atoms with Gasteiger partial charge in [0.15, 0.2) is 0 Å². The molecule has 7 heteroatoms. The predicted molar refractivity (Wildman–Crippen MR) is 149 cm³/mol. The Labute approximate surface area is 218 Å². The number of thioether (sulfide) groups is 1. The van der Waals surface area contributed by atoms with Crippen LogP contribution in [0.4, 0.5) is 0 Å². The third-order valence-electron chi connectivity index (χ3n) is 6.92. The molecule has 0 spiro atoms. The molecule has 2 aromatic carbocycles. The zero-order chi connectivity index (χ0) is 25.2. The smallest absolute Gasteiger partial charge is 0.221 e. The summed E-state index contributed by atoms with van der Waals surface area (Å²) in [5.74, 6) is 3.49. The van der Waals surface area contributed by atoms with Crippen LogP contribution in [0.2, 0.25) is 0 Å². The van der Waals surface area contributed by atoms with Crippen LogP contribution < -0.4 is 5.32 Å². The Morgan fingerprint density at radius 1 is 1.06 bits per heavy atom. The summed E-state index contributed by atoms with van der Waals surface area (Å²) in [6, 6.07) is 14.6. The lowest BCUT2D eigenvalue weighted by molar-refractivity contribution is -0.122. The second-order valence-electron chi connectivity index (χ2n) is 9.56. The van der Waals surface area contributed by atoms with Gasteiger partial charge in [0.05, 0.1) is 17.9 Å². The molecule has 0 unspecified atom stereocenters. The molecule has 0 radical (unpaired) electrons. The van der Waals surface area contributed by atoms with Crippen molar-refractivity contribution in [1.82, 2.24) is 20.2 Å². The normalized spacial score (nSPS) is 15.1. The predicted octanol–water partition coefficient (Wildman–Crippen LogP) is 5.76.